The monoisotopic (exact) mass is 334 g/mol. The summed E-state index contributed by atoms with van der Waals surface area (Å²) in [6.07, 6.45) is 0.791. The molecule has 23 heavy (non-hydrogen) atoms. The average molecular weight is 334 g/mol. The smallest absolute Gasteiger partial charge is 0.271 e. The third-order valence-corrected chi connectivity index (χ3v) is 4.46. The number of hydrogen-bond acceptors (Lipinski definition) is 5. The highest BCUT2D eigenvalue weighted by atomic mass is 32.1. The molecule has 0 unspecified atom stereocenters. The lowest BCUT2D eigenvalue weighted by molar-refractivity contribution is 0.0934. The molecule has 0 radical (unpaired) electrons. The fourth-order valence-corrected chi connectivity index (χ4v) is 3.16. The molecule has 1 amide bonds. The number of carbonyl (C=O) groups excluding carboxylic acids is 1. The molecule has 2 aromatic heterocycles. The number of rotatable bonds is 7. The Morgan fingerprint density at radius 1 is 1.39 bits per heavy atom. The lowest BCUT2D eigenvalue weighted by atomic mass is 10.2. The van der Waals surface area contributed by atoms with Crippen LogP contribution in [0.2, 0.25) is 0 Å². The Kier molecular flexibility index (Phi) is 6.06. The molecule has 0 saturated heterocycles. The molecule has 0 aliphatic carbocycles. The molecule has 0 fully saturated rings. The summed E-state index contributed by atoms with van der Waals surface area (Å²) in [6.45, 7) is 2.96. The number of likely N-dealkylation sites (N-methyl/N-ethyl adjacent to an activating group) is 1. The fraction of sp³-hybridized carbons (Fsp3) is 0.438. The minimum absolute atomic E-state index is 0.112. The van der Waals surface area contributed by atoms with Crippen molar-refractivity contribution in [1.82, 2.24) is 20.0 Å². The summed E-state index contributed by atoms with van der Waals surface area (Å²) < 4.78 is 1.33. The molecule has 1 N–H and O–H groups in total. The Morgan fingerprint density at radius 2 is 2.17 bits per heavy atom. The van der Waals surface area contributed by atoms with E-state index in [1.54, 1.807) is 11.3 Å². The van der Waals surface area contributed by atoms with E-state index in [1.165, 1.54) is 21.7 Å². The van der Waals surface area contributed by atoms with Crippen molar-refractivity contribution < 1.29 is 4.79 Å². The molecule has 2 heterocycles. The molecule has 0 spiro atoms. The zero-order chi connectivity index (χ0) is 16.8. The van der Waals surface area contributed by atoms with Gasteiger partial charge in [0, 0.05) is 24.0 Å². The summed E-state index contributed by atoms with van der Waals surface area (Å²) in [7, 11) is 3.96. The van der Waals surface area contributed by atoms with Crippen LogP contribution < -0.4 is 10.9 Å². The van der Waals surface area contributed by atoms with Crippen LogP contribution in [-0.2, 0) is 6.54 Å². The second kappa shape index (κ2) is 8.03. The summed E-state index contributed by atoms with van der Waals surface area (Å²) in [4.78, 5) is 27.2. The molecule has 6 nitrogen and oxygen atoms in total. The number of nitrogens with zero attached hydrogens (tertiary/aromatic N) is 3. The third kappa shape index (κ3) is 4.49. The molecule has 1 atom stereocenters. The predicted octanol–water partition coefficient (Wildman–Crippen LogP) is 1.75. The summed E-state index contributed by atoms with van der Waals surface area (Å²) in [5, 5.41) is 9.06. The molecule has 124 valence electrons. The van der Waals surface area contributed by atoms with Crippen molar-refractivity contribution in [3.8, 4) is 0 Å². The van der Waals surface area contributed by atoms with E-state index in [0.717, 1.165) is 6.42 Å². The van der Waals surface area contributed by atoms with Crippen molar-refractivity contribution in [2.75, 3.05) is 20.6 Å². The van der Waals surface area contributed by atoms with Crippen LogP contribution in [-0.4, -0.2) is 41.2 Å². The maximum Gasteiger partial charge on any atom is 0.271 e. The minimum atomic E-state index is -0.266. The van der Waals surface area contributed by atoms with Gasteiger partial charge in [-0.15, -0.1) is 11.3 Å². The van der Waals surface area contributed by atoms with Gasteiger partial charge in [0.05, 0.1) is 6.04 Å². The van der Waals surface area contributed by atoms with E-state index in [-0.39, 0.29) is 23.2 Å². The molecule has 2 rings (SSSR count). The van der Waals surface area contributed by atoms with Gasteiger partial charge in [0.2, 0.25) is 0 Å². The molecule has 0 aromatic carbocycles. The van der Waals surface area contributed by atoms with Crippen LogP contribution in [0.4, 0.5) is 0 Å². The molecular formula is C16H22N4O2S. The van der Waals surface area contributed by atoms with Crippen LogP contribution >= 0.6 is 11.3 Å². The van der Waals surface area contributed by atoms with Crippen molar-refractivity contribution >= 4 is 17.2 Å². The van der Waals surface area contributed by atoms with E-state index in [2.05, 4.69) is 21.4 Å². The highest BCUT2D eigenvalue weighted by molar-refractivity contribution is 7.10. The number of hydrogen-bond donors (Lipinski definition) is 1. The van der Waals surface area contributed by atoms with Crippen LogP contribution in [0.5, 0.6) is 0 Å². The quantitative estimate of drug-likeness (QED) is 0.838. The van der Waals surface area contributed by atoms with E-state index in [9.17, 15) is 9.59 Å². The van der Waals surface area contributed by atoms with E-state index in [4.69, 9.17) is 0 Å². The maximum absolute atomic E-state index is 12.3. The second-order valence-electron chi connectivity index (χ2n) is 5.48. The van der Waals surface area contributed by atoms with E-state index in [0.29, 0.717) is 13.1 Å². The number of carbonyl (C=O) groups is 1. The van der Waals surface area contributed by atoms with Crippen LogP contribution in [0.25, 0.3) is 0 Å². The Morgan fingerprint density at radius 3 is 2.78 bits per heavy atom. The zero-order valence-corrected chi connectivity index (χ0v) is 14.5. The topological polar surface area (TPSA) is 67.2 Å². The number of nitrogens with one attached hydrogen (secondary N) is 1. The standard InChI is InChI=1S/C16H22N4O2S/c1-4-9-20-15(21)8-7-12(18-20)16(22)17-11-13(19(2)3)14-6-5-10-23-14/h5-8,10,13H,4,9,11H2,1-3H3,(H,17,22)/t13-/m1/s1. The number of aryl methyl sites for hydroxylation is 1. The van der Waals surface area contributed by atoms with E-state index >= 15 is 0 Å². The summed E-state index contributed by atoms with van der Waals surface area (Å²) in [6, 6.07) is 7.03. The summed E-state index contributed by atoms with van der Waals surface area (Å²) in [5.41, 5.74) is 0.0786. The first-order valence-corrected chi connectivity index (χ1v) is 8.47. The first-order chi connectivity index (χ1) is 11.0. The normalized spacial score (nSPS) is 12.3. The Bertz CT molecular complexity index is 694. The van der Waals surface area contributed by atoms with Gasteiger partial charge in [-0.2, -0.15) is 5.10 Å². The summed E-state index contributed by atoms with van der Waals surface area (Å²) >= 11 is 1.66. The Hall–Kier alpha value is -1.99. The van der Waals surface area contributed by atoms with E-state index in [1.807, 2.05) is 32.5 Å². The third-order valence-electron chi connectivity index (χ3n) is 3.49. The first-order valence-electron chi connectivity index (χ1n) is 7.59. The van der Waals surface area contributed by atoms with Crippen LogP contribution in [0.15, 0.2) is 34.4 Å². The molecule has 2 aromatic rings. The lowest BCUT2D eigenvalue weighted by Gasteiger charge is -2.23. The van der Waals surface area contributed by atoms with Crippen LogP contribution in [0, 0.1) is 0 Å². The molecule has 0 aliphatic heterocycles. The fourth-order valence-electron chi connectivity index (χ4n) is 2.24. The van der Waals surface area contributed by atoms with Crippen molar-refractivity contribution in [3.63, 3.8) is 0 Å². The lowest BCUT2D eigenvalue weighted by Crippen LogP contribution is -2.35. The van der Waals surface area contributed by atoms with Gasteiger partial charge in [-0.05, 0) is 38.0 Å². The van der Waals surface area contributed by atoms with Gasteiger partial charge in [-0.3, -0.25) is 9.59 Å². The SMILES string of the molecule is CCCn1nc(C(=O)NC[C@H](c2cccs2)N(C)C)ccc1=O. The van der Waals surface area contributed by atoms with Gasteiger partial charge in [0.1, 0.15) is 5.69 Å². The highest BCUT2D eigenvalue weighted by Gasteiger charge is 2.17. The molecule has 0 aliphatic rings. The van der Waals surface area contributed by atoms with Crippen LogP contribution in [0.3, 0.4) is 0 Å². The van der Waals surface area contributed by atoms with Gasteiger partial charge < -0.3 is 10.2 Å². The Balaban J connectivity index is 2.06. The first kappa shape index (κ1) is 17.4. The summed E-state index contributed by atoms with van der Waals surface area (Å²) in [5.74, 6) is -0.266. The maximum atomic E-state index is 12.3. The molecule has 0 saturated carbocycles. The van der Waals surface area contributed by atoms with Gasteiger partial charge in [-0.25, -0.2) is 4.68 Å². The van der Waals surface area contributed by atoms with Gasteiger partial charge in [0.15, 0.2) is 0 Å². The van der Waals surface area contributed by atoms with Crippen molar-refractivity contribution in [3.05, 3.63) is 50.6 Å². The van der Waals surface area contributed by atoms with Gasteiger partial charge in [0.25, 0.3) is 11.5 Å². The highest BCUT2D eigenvalue weighted by Crippen LogP contribution is 2.22. The molecule has 7 heteroatoms. The van der Waals surface area contributed by atoms with Crippen LogP contribution in [0.1, 0.15) is 34.8 Å². The van der Waals surface area contributed by atoms with Gasteiger partial charge >= 0.3 is 0 Å². The Labute approximate surface area is 139 Å². The van der Waals surface area contributed by atoms with E-state index < -0.39 is 0 Å². The van der Waals surface area contributed by atoms with Crippen molar-refractivity contribution in [2.45, 2.75) is 25.9 Å². The number of aromatic nitrogens is 2. The number of amides is 1. The average Bonchev–Trinajstić information content (AvgIpc) is 3.03. The van der Waals surface area contributed by atoms with Crippen molar-refractivity contribution in [1.29, 1.82) is 0 Å². The van der Waals surface area contributed by atoms with Gasteiger partial charge in [-0.1, -0.05) is 13.0 Å². The molecule has 0 bridgehead atoms. The minimum Gasteiger partial charge on any atom is -0.349 e. The zero-order valence-electron chi connectivity index (χ0n) is 13.7. The van der Waals surface area contributed by atoms with Crippen molar-refractivity contribution in [2.24, 2.45) is 0 Å². The largest absolute Gasteiger partial charge is 0.349 e. The number of thiophene rings is 1. The predicted molar refractivity (Wildman–Crippen MR) is 91.9 cm³/mol. The molecular weight excluding hydrogens is 312 g/mol. The second-order valence-corrected chi connectivity index (χ2v) is 6.46.